The van der Waals surface area contributed by atoms with E-state index in [1.807, 2.05) is 90.0 Å². The Kier molecular flexibility index (Phi) is 36.3. The maximum absolute atomic E-state index is 13.9. The van der Waals surface area contributed by atoms with Crippen molar-refractivity contribution in [3.63, 3.8) is 0 Å². The molecular weight excluding hydrogens is 1250 g/mol. The quantitative estimate of drug-likeness (QED) is 0.0454. The lowest BCUT2D eigenvalue weighted by Crippen LogP contribution is -2.27. The number of hydrogen-bond acceptors (Lipinski definition) is 7. The molecule has 0 spiro atoms. The number of hydrogen-bond donors (Lipinski definition) is 1. The minimum Gasteiger partial charge on any atom is -0.591 e. The van der Waals surface area contributed by atoms with Crippen molar-refractivity contribution in [2.45, 2.75) is 194 Å². The van der Waals surface area contributed by atoms with Gasteiger partial charge in [0.05, 0.1) is 12.6 Å². The molecule has 0 saturated heterocycles. The second-order valence-electron chi connectivity index (χ2n) is 23.3. The van der Waals surface area contributed by atoms with Gasteiger partial charge in [-0.15, -0.1) is 0 Å². The van der Waals surface area contributed by atoms with E-state index in [-0.39, 0.29) is 81.9 Å². The van der Waals surface area contributed by atoms with Crippen LogP contribution in [0, 0.1) is 29.1 Å². The Morgan fingerprint density at radius 3 is 1.13 bits per heavy atom. The largest absolute Gasteiger partial charge is 0.591 e. The van der Waals surface area contributed by atoms with Crippen molar-refractivity contribution in [1.82, 2.24) is 0 Å². The number of nitrogens with zero attached hydrogens (tertiary/aromatic N) is 1. The summed E-state index contributed by atoms with van der Waals surface area (Å²) in [6, 6.07) is 22.5. The molecular formula is C64H88Cl5F5N2O5S3. The molecule has 5 rings (SSSR count). The summed E-state index contributed by atoms with van der Waals surface area (Å²) >= 11 is 27.0. The van der Waals surface area contributed by atoms with Gasteiger partial charge in [-0.2, -0.15) is 0 Å². The van der Waals surface area contributed by atoms with Gasteiger partial charge in [0.1, 0.15) is 50.8 Å². The molecule has 2 N–H and O–H groups in total. The average molecular weight is 1330 g/mol. The first-order valence-electron chi connectivity index (χ1n) is 27.1. The van der Waals surface area contributed by atoms with Gasteiger partial charge in [-0.25, -0.2) is 22.0 Å². The first kappa shape index (κ1) is 80.9. The third kappa shape index (κ3) is 30.2. The smallest absolute Gasteiger partial charge is 0.306 e. The number of carbonyl (C=O) groups excluding carboxylic acids is 1. The van der Waals surface area contributed by atoms with Crippen LogP contribution in [-0.4, -0.2) is 56.5 Å². The van der Waals surface area contributed by atoms with E-state index in [9.17, 15) is 39.7 Å². The Labute approximate surface area is 532 Å². The number of rotatable bonds is 16. The molecule has 0 aliphatic heterocycles. The summed E-state index contributed by atoms with van der Waals surface area (Å²) in [4.78, 5) is 11.8. The Balaban J connectivity index is 0.00000103. The van der Waals surface area contributed by atoms with Crippen LogP contribution < -0.4 is 5.73 Å². The van der Waals surface area contributed by atoms with E-state index >= 15 is 0 Å². The molecule has 0 fully saturated rings. The van der Waals surface area contributed by atoms with E-state index in [2.05, 4.69) is 4.40 Å². The molecule has 0 bridgehead atoms. The van der Waals surface area contributed by atoms with Gasteiger partial charge in [-0.3, -0.25) is 13.2 Å². The molecule has 0 heterocycles. The highest BCUT2D eigenvalue weighted by Gasteiger charge is 2.28. The fourth-order valence-corrected chi connectivity index (χ4v) is 11.0. The Morgan fingerprint density at radius 1 is 0.548 bits per heavy atom. The monoisotopic (exact) mass is 1330 g/mol. The molecule has 0 amide bonds. The second-order valence-corrected chi connectivity index (χ2v) is 31.9. The molecule has 7 atom stereocenters. The van der Waals surface area contributed by atoms with E-state index in [0.29, 0.717) is 65.3 Å². The van der Waals surface area contributed by atoms with Crippen molar-refractivity contribution < 1.29 is 44.5 Å². The van der Waals surface area contributed by atoms with Gasteiger partial charge < -0.3 is 15.0 Å². The van der Waals surface area contributed by atoms with Crippen LogP contribution in [0.25, 0.3) is 0 Å². The lowest BCUT2D eigenvalue weighted by Gasteiger charge is -2.22. The number of carbonyl (C=O) groups is 1. The topological polar surface area (TPSA) is 122 Å². The molecule has 5 aromatic carbocycles. The predicted molar refractivity (Wildman–Crippen MR) is 352 cm³/mol. The molecule has 5 aromatic rings. The van der Waals surface area contributed by atoms with Gasteiger partial charge in [0.25, 0.3) is 0 Å². The van der Waals surface area contributed by atoms with Crippen molar-refractivity contribution in [1.29, 1.82) is 0 Å². The highest BCUT2D eigenvalue weighted by molar-refractivity contribution is 7.91. The normalized spacial score (nSPS) is 14.2. The number of benzene rings is 5. The summed E-state index contributed by atoms with van der Waals surface area (Å²) in [6.07, 6.45) is 4.36. The van der Waals surface area contributed by atoms with Gasteiger partial charge >= 0.3 is 5.97 Å². The molecule has 20 heteroatoms. The summed E-state index contributed by atoms with van der Waals surface area (Å²) in [5, 5.41) is 1.87. The van der Waals surface area contributed by atoms with Gasteiger partial charge in [0.15, 0.2) is 0 Å². The summed E-state index contributed by atoms with van der Waals surface area (Å²) in [7, 11) is -1.96. The number of ether oxygens (including phenoxy) is 1. The number of esters is 1. The lowest BCUT2D eigenvalue weighted by atomic mass is 9.93. The summed E-state index contributed by atoms with van der Waals surface area (Å²) in [5.41, 5.74) is 7.68. The molecule has 472 valence electrons. The molecule has 0 saturated carbocycles. The Bertz CT molecular complexity index is 2830. The molecule has 0 aromatic heterocycles. The van der Waals surface area contributed by atoms with Gasteiger partial charge in [0.2, 0.25) is 0 Å². The molecule has 0 radical (unpaired) electrons. The van der Waals surface area contributed by atoms with Gasteiger partial charge in [-0.1, -0.05) is 122 Å². The van der Waals surface area contributed by atoms with Gasteiger partial charge in [-0.05, 0) is 210 Å². The summed E-state index contributed by atoms with van der Waals surface area (Å²) in [5.74, 6) is -1.36. The van der Waals surface area contributed by atoms with Crippen LogP contribution in [0.15, 0.2) is 95.4 Å². The standard InChI is InChI=1S/C15H20ClFO2.2C14H20ClFOS.C11H13ClFNOS.C9H11ClFN.CH4/c1-5-10(8-14(18)19-15(2,3)4)12-7-6-11(16)9-13(12)17;2*1-5-10(9-18(17)14(2,3)4)12-7-6-11(15)8-13(12)16;1-11(2,3)16(15)14-7-8-4-5-9(12)6-10(8)13;1-2-9(12)7-4-3-6(10)5-8(7)11;/h6-7,9-10H,5,8H2,1-4H3;2*6-8,10H,5,9H2,1-4H3;4-7H,1-3H3;3-5,9H,2,12H2,1H3;1H4/t10-;10-,18+;10-,18-;;9-;/m010.1./s1. The summed E-state index contributed by atoms with van der Waals surface area (Å²) < 4.78 is 112. The van der Waals surface area contributed by atoms with Crippen LogP contribution in [0.3, 0.4) is 0 Å². The molecule has 0 aliphatic rings. The maximum atomic E-state index is 13.9. The van der Waals surface area contributed by atoms with E-state index in [4.69, 9.17) is 68.5 Å². The third-order valence-electron chi connectivity index (χ3n) is 12.2. The van der Waals surface area contributed by atoms with Crippen molar-refractivity contribution in [3.05, 3.63) is 173 Å². The van der Waals surface area contributed by atoms with E-state index in [1.54, 1.807) is 75.4 Å². The minimum absolute atomic E-state index is 0. The average Bonchev–Trinajstić information content (AvgIpc) is 3.38. The molecule has 7 nitrogen and oxygen atoms in total. The fourth-order valence-electron chi connectivity index (χ4n) is 7.17. The van der Waals surface area contributed by atoms with Crippen LogP contribution in [0.2, 0.25) is 25.1 Å². The van der Waals surface area contributed by atoms with Crippen molar-refractivity contribution >= 4 is 103 Å². The van der Waals surface area contributed by atoms with Crippen LogP contribution in [0.4, 0.5) is 22.0 Å². The third-order valence-corrected chi connectivity index (χ3v) is 18.8. The number of halogens is 10. The minimum atomic E-state index is -1.38. The second kappa shape index (κ2) is 37.7. The first-order chi connectivity index (χ1) is 38.2. The van der Waals surface area contributed by atoms with Crippen LogP contribution >= 0.6 is 58.0 Å². The first-order valence-corrected chi connectivity index (χ1v) is 32.8. The molecule has 1 unspecified atom stereocenters. The SMILES string of the molecule is C.CC(C)(C)[S+]([O-])N=Cc1ccc(Cl)cc1F.CC[C@@H](CC(=O)OC(C)(C)C)c1ccc(Cl)cc1F.CC[C@@H](C[S@](=O)C(C)(C)C)c1ccc(Cl)cc1F.CC[C@@H](N)c1ccc(Cl)cc1F.CC[C@H](C[S@](=O)C(C)(C)C)c1ccc(Cl)cc1F. The van der Waals surface area contributed by atoms with Crippen molar-refractivity contribution in [3.8, 4) is 0 Å². The number of nitrogens with two attached hydrogens (primary N) is 1. The zero-order valence-corrected chi connectivity index (χ0v) is 56.8. The summed E-state index contributed by atoms with van der Waals surface area (Å²) in [6.45, 7) is 30.3. The van der Waals surface area contributed by atoms with E-state index in [0.717, 1.165) is 19.3 Å². The Hall–Kier alpha value is -3.09. The zero-order valence-electron chi connectivity index (χ0n) is 50.6. The van der Waals surface area contributed by atoms with Crippen molar-refractivity contribution in [2.75, 3.05) is 11.5 Å². The van der Waals surface area contributed by atoms with E-state index < -0.39 is 49.1 Å². The van der Waals surface area contributed by atoms with Crippen LogP contribution in [0.1, 0.15) is 202 Å². The van der Waals surface area contributed by atoms with Crippen LogP contribution in [0.5, 0.6) is 0 Å². The Morgan fingerprint density at radius 2 is 0.857 bits per heavy atom. The van der Waals surface area contributed by atoms with Crippen LogP contribution in [-0.2, 0) is 42.5 Å². The lowest BCUT2D eigenvalue weighted by molar-refractivity contribution is -0.155. The highest BCUT2D eigenvalue weighted by atomic mass is 35.5. The van der Waals surface area contributed by atoms with E-state index in [1.165, 1.54) is 42.6 Å². The van der Waals surface area contributed by atoms with Gasteiger partial charge in [0, 0.05) is 84.9 Å². The van der Waals surface area contributed by atoms with Crippen molar-refractivity contribution in [2.24, 2.45) is 10.1 Å². The fraction of sp³-hybridized carbons (Fsp3) is 0.500. The molecule has 84 heavy (non-hydrogen) atoms. The zero-order chi connectivity index (χ0) is 64.0. The predicted octanol–water partition coefficient (Wildman–Crippen LogP) is 20.6. The maximum Gasteiger partial charge on any atom is 0.306 e. The molecule has 0 aliphatic carbocycles. The highest BCUT2D eigenvalue weighted by Crippen LogP contribution is 2.32.